The zero-order chi connectivity index (χ0) is 13.6. The maximum atomic E-state index is 10.5. The molecule has 0 bridgehead atoms. The van der Waals surface area contributed by atoms with E-state index in [1.807, 2.05) is 0 Å². The van der Waals surface area contributed by atoms with Gasteiger partial charge in [0.05, 0.1) is 0 Å². The number of rotatable bonds is 3. The zero-order valence-corrected chi connectivity index (χ0v) is 12.0. The molecule has 2 heteroatoms. The Labute approximate surface area is 109 Å². The predicted molar refractivity (Wildman–Crippen MR) is 73.2 cm³/mol. The highest BCUT2D eigenvalue weighted by molar-refractivity contribution is 5.56. The Balaban J connectivity index is 2.48. The summed E-state index contributed by atoms with van der Waals surface area (Å²) in [6, 6.07) is 4.38. The van der Waals surface area contributed by atoms with Crippen molar-refractivity contribution in [2.75, 3.05) is 0 Å². The summed E-state index contributed by atoms with van der Waals surface area (Å²) < 4.78 is 5.92. The van der Waals surface area contributed by atoms with E-state index in [4.69, 9.17) is 4.74 Å². The first kappa shape index (κ1) is 13.1. The molecule has 1 aromatic carbocycles. The molecular weight excluding hydrogens is 224 g/mol. The van der Waals surface area contributed by atoms with Crippen LogP contribution >= 0.6 is 0 Å². The lowest BCUT2D eigenvalue weighted by Crippen LogP contribution is -2.37. The summed E-state index contributed by atoms with van der Waals surface area (Å²) in [5.74, 6) is 1.04. The minimum absolute atomic E-state index is 0.0672. The van der Waals surface area contributed by atoms with Gasteiger partial charge in [-0.3, -0.25) is 0 Å². The normalized spacial score (nSPS) is 16.5. The van der Waals surface area contributed by atoms with E-state index in [0.29, 0.717) is 6.42 Å². The van der Waals surface area contributed by atoms with Gasteiger partial charge in [0.2, 0.25) is 0 Å². The zero-order valence-electron chi connectivity index (χ0n) is 12.0. The number of benzene rings is 1. The van der Waals surface area contributed by atoms with Crippen LogP contribution in [0.1, 0.15) is 57.7 Å². The molecule has 0 N–H and O–H groups in total. The van der Waals surface area contributed by atoms with Crippen molar-refractivity contribution in [2.24, 2.45) is 0 Å². The molecule has 0 atom stereocenters. The lowest BCUT2D eigenvalue weighted by Gasteiger charge is -2.42. The summed E-state index contributed by atoms with van der Waals surface area (Å²) in [7, 11) is 0. The smallest absolute Gasteiger partial charge is 0.132 e. The molecule has 0 aromatic heterocycles. The van der Waals surface area contributed by atoms with Gasteiger partial charge in [0, 0.05) is 17.5 Å². The molecule has 1 heterocycles. The second-order valence-electron chi connectivity index (χ2n) is 6.59. The summed E-state index contributed by atoms with van der Waals surface area (Å²) in [6.45, 7) is 10.8. The number of fused-ring (bicyclic) bond motifs is 1. The minimum Gasteiger partial charge on any atom is -0.482 e. The maximum Gasteiger partial charge on any atom is 0.132 e. The van der Waals surface area contributed by atoms with Gasteiger partial charge in [0.25, 0.3) is 0 Å². The van der Waals surface area contributed by atoms with Crippen LogP contribution in [0, 0.1) is 0 Å². The van der Waals surface area contributed by atoms with E-state index in [1.54, 1.807) is 0 Å². The highest BCUT2D eigenvalue weighted by Gasteiger charge is 2.40. The molecule has 18 heavy (non-hydrogen) atoms. The molecule has 0 aliphatic carbocycles. The third-order valence-corrected chi connectivity index (χ3v) is 3.51. The monoisotopic (exact) mass is 246 g/mol. The van der Waals surface area contributed by atoms with Gasteiger partial charge < -0.3 is 9.53 Å². The van der Waals surface area contributed by atoms with E-state index < -0.39 is 0 Å². The Hall–Kier alpha value is -1.31. The number of carbonyl (C=O) groups is 1. The molecule has 0 fully saturated rings. The Kier molecular flexibility index (Phi) is 3.00. The molecule has 0 spiro atoms. The lowest BCUT2D eigenvalue weighted by molar-refractivity contribution is -0.107. The average Bonchev–Trinajstić information content (AvgIpc) is 2.24. The van der Waals surface area contributed by atoms with E-state index in [2.05, 4.69) is 46.8 Å². The molecule has 0 radical (unpaired) electrons. The lowest BCUT2D eigenvalue weighted by atomic mass is 9.78. The summed E-state index contributed by atoms with van der Waals surface area (Å²) in [5, 5.41) is 0. The number of aryl methyl sites for hydroxylation is 1. The van der Waals surface area contributed by atoms with Crippen molar-refractivity contribution in [3.05, 3.63) is 28.8 Å². The van der Waals surface area contributed by atoms with Crippen molar-refractivity contribution in [1.29, 1.82) is 0 Å². The topological polar surface area (TPSA) is 26.3 Å². The van der Waals surface area contributed by atoms with E-state index in [1.165, 1.54) is 16.7 Å². The van der Waals surface area contributed by atoms with Crippen LogP contribution in [-0.2, 0) is 22.2 Å². The van der Waals surface area contributed by atoms with Gasteiger partial charge in [0.1, 0.15) is 17.6 Å². The summed E-state index contributed by atoms with van der Waals surface area (Å²) >= 11 is 0. The molecule has 1 aliphatic rings. The number of carbonyl (C=O) groups excluding carboxylic acids is 1. The molecule has 0 amide bonds. The van der Waals surface area contributed by atoms with Gasteiger partial charge in [-0.05, 0) is 37.3 Å². The fraction of sp³-hybridized carbons (Fsp3) is 0.562. The highest BCUT2D eigenvalue weighted by Crippen LogP contribution is 2.49. The van der Waals surface area contributed by atoms with Crippen LogP contribution in [0.5, 0.6) is 5.75 Å². The Morgan fingerprint density at radius 3 is 2.44 bits per heavy atom. The van der Waals surface area contributed by atoms with Crippen LogP contribution < -0.4 is 4.74 Å². The molecule has 98 valence electrons. The highest BCUT2D eigenvalue weighted by atomic mass is 16.5. The molecule has 2 nitrogen and oxygen atoms in total. The van der Waals surface area contributed by atoms with Crippen molar-refractivity contribution >= 4 is 6.29 Å². The minimum atomic E-state index is -0.188. The Morgan fingerprint density at radius 1 is 1.28 bits per heavy atom. The number of ether oxygens (including phenoxy) is 1. The largest absolute Gasteiger partial charge is 0.482 e. The SMILES string of the molecule is CC(C)(C)c1cc(CCC=O)cc2c1OC2(C)C. The average molecular weight is 246 g/mol. The third kappa shape index (κ3) is 2.16. The van der Waals surface area contributed by atoms with Gasteiger partial charge in [-0.2, -0.15) is 0 Å². The summed E-state index contributed by atoms with van der Waals surface area (Å²) in [4.78, 5) is 10.5. The van der Waals surface area contributed by atoms with Crippen LogP contribution in [0.4, 0.5) is 0 Å². The first-order valence-corrected chi connectivity index (χ1v) is 6.56. The first-order valence-electron chi connectivity index (χ1n) is 6.56. The van der Waals surface area contributed by atoms with Gasteiger partial charge in [-0.25, -0.2) is 0 Å². The standard InChI is InChI=1S/C16H22O2/c1-15(2,3)12-9-11(7-6-8-17)10-13-14(12)18-16(13,4)5/h8-10H,6-7H2,1-5H3. The van der Waals surface area contributed by atoms with Crippen LogP contribution in [-0.4, -0.2) is 6.29 Å². The van der Waals surface area contributed by atoms with Gasteiger partial charge in [-0.15, -0.1) is 0 Å². The second-order valence-corrected chi connectivity index (χ2v) is 6.59. The Morgan fingerprint density at radius 2 is 1.94 bits per heavy atom. The van der Waals surface area contributed by atoms with Crippen molar-refractivity contribution in [3.8, 4) is 5.75 Å². The first-order chi connectivity index (χ1) is 8.25. The quantitative estimate of drug-likeness (QED) is 0.759. The molecule has 1 aromatic rings. The number of hydrogen-bond donors (Lipinski definition) is 0. The molecule has 0 saturated heterocycles. The van der Waals surface area contributed by atoms with E-state index in [9.17, 15) is 4.79 Å². The Bertz CT molecular complexity index is 479. The summed E-state index contributed by atoms with van der Waals surface area (Å²) in [6.07, 6.45) is 2.39. The van der Waals surface area contributed by atoms with Crippen molar-refractivity contribution in [1.82, 2.24) is 0 Å². The van der Waals surface area contributed by atoms with Crippen LogP contribution in [0.25, 0.3) is 0 Å². The predicted octanol–water partition coefficient (Wildman–Crippen LogP) is 3.74. The number of aldehydes is 1. The van der Waals surface area contributed by atoms with Gasteiger partial charge >= 0.3 is 0 Å². The molecular formula is C16H22O2. The third-order valence-electron chi connectivity index (χ3n) is 3.51. The van der Waals surface area contributed by atoms with Gasteiger partial charge in [-0.1, -0.05) is 26.8 Å². The molecule has 1 aliphatic heterocycles. The fourth-order valence-electron chi connectivity index (χ4n) is 2.44. The van der Waals surface area contributed by atoms with E-state index >= 15 is 0 Å². The van der Waals surface area contributed by atoms with E-state index in [-0.39, 0.29) is 11.0 Å². The maximum absolute atomic E-state index is 10.5. The molecule has 2 rings (SSSR count). The van der Waals surface area contributed by atoms with Crippen molar-refractivity contribution in [2.45, 2.75) is 58.5 Å². The second kappa shape index (κ2) is 4.11. The molecule has 0 saturated carbocycles. The van der Waals surface area contributed by atoms with Crippen LogP contribution in [0.2, 0.25) is 0 Å². The van der Waals surface area contributed by atoms with Crippen LogP contribution in [0.3, 0.4) is 0 Å². The molecule has 0 unspecified atom stereocenters. The van der Waals surface area contributed by atoms with Crippen LogP contribution in [0.15, 0.2) is 12.1 Å². The fourth-order valence-corrected chi connectivity index (χ4v) is 2.44. The van der Waals surface area contributed by atoms with Crippen molar-refractivity contribution < 1.29 is 9.53 Å². The van der Waals surface area contributed by atoms with Gasteiger partial charge in [0.15, 0.2) is 0 Å². The van der Waals surface area contributed by atoms with Crippen molar-refractivity contribution in [3.63, 3.8) is 0 Å². The van der Waals surface area contributed by atoms with E-state index in [0.717, 1.165) is 18.5 Å². The number of hydrogen-bond acceptors (Lipinski definition) is 2. The summed E-state index contributed by atoms with van der Waals surface area (Å²) in [5.41, 5.74) is 3.64.